The number of carbonyl (C=O) groups is 1. The third-order valence-corrected chi connectivity index (χ3v) is 2.36. The Labute approximate surface area is 105 Å². The first-order valence-corrected chi connectivity index (χ1v) is 5.69. The number of aldehydes is 1. The number of hydrogen-bond donors (Lipinski definition) is 0. The second-order valence-corrected chi connectivity index (χ2v) is 4.18. The highest BCUT2D eigenvalue weighted by molar-refractivity contribution is 5.74. The Hall–Kier alpha value is -2.17. The minimum Gasteiger partial charge on any atom is -0.485 e. The van der Waals surface area contributed by atoms with Crippen LogP contribution in [0.25, 0.3) is 0 Å². The summed E-state index contributed by atoms with van der Waals surface area (Å²) < 4.78 is 10.5. The van der Waals surface area contributed by atoms with Crippen LogP contribution in [0.1, 0.15) is 41.8 Å². The van der Waals surface area contributed by atoms with Crippen LogP contribution in [0.4, 0.5) is 0 Å². The maximum Gasteiger partial charge on any atom is 0.229 e. The smallest absolute Gasteiger partial charge is 0.229 e. The molecule has 0 amide bonds. The molecule has 0 N–H and O–H groups in total. The van der Waals surface area contributed by atoms with Crippen LogP contribution in [-0.2, 0) is 6.61 Å². The van der Waals surface area contributed by atoms with Crippen LogP contribution in [0, 0.1) is 0 Å². The van der Waals surface area contributed by atoms with Crippen LogP contribution in [0.3, 0.4) is 0 Å². The molecule has 0 aliphatic carbocycles. The normalized spacial score (nSPS) is 10.6. The molecule has 0 radical (unpaired) electrons. The van der Waals surface area contributed by atoms with Crippen molar-refractivity contribution in [3.05, 3.63) is 41.5 Å². The van der Waals surface area contributed by atoms with Gasteiger partial charge in [-0.3, -0.25) is 4.79 Å². The molecule has 0 saturated carbocycles. The quantitative estimate of drug-likeness (QED) is 0.758. The van der Waals surface area contributed by atoms with Crippen molar-refractivity contribution in [1.29, 1.82) is 0 Å². The highest BCUT2D eigenvalue weighted by atomic mass is 16.5. The Balaban J connectivity index is 1.95. The molecule has 0 saturated heterocycles. The summed E-state index contributed by atoms with van der Waals surface area (Å²) in [5, 5.41) is 3.82. The van der Waals surface area contributed by atoms with E-state index in [1.54, 1.807) is 24.3 Å². The Morgan fingerprint density at radius 2 is 2.06 bits per heavy atom. The maximum atomic E-state index is 10.5. The van der Waals surface area contributed by atoms with Crippen LogP contribution in [0.15, 0.2) is 28.8 Å². The summed E-state index contributed by atoms with van der Waals surface area (Å²) >= 11 is 0. The fourth-order valence-corrected chi connectivity index (χ4v) is 1.35. The van der Waals surface area contributed by atoms with Gasteiger partial charge >= 0.3 is 0 Å². The van der Waals surface area contributed by atoms with Crippen LogP contribution in [0.2, 0.25) is 0 Å². The standard InChI is InChI=1S/C13H14N2O3/c1-9(2)13-14-12(15-18-13)8-17-11-5-3-10(7-16)4-6-11/h3-7,9H,8H2,1-2H3. The number of carbonyl (C=O) groups excluding carboxylic acids is 1. The molecule has 94 valence electrons. The molecule has 0 aliphatic rings. The zero-order chi connectivity index (χ0) is 13.0. The van der Waals surface area contributed by atoms with Gasteiger partial charge in [0.1, 0.15) is 12.0 Å². The van der Waals surface area contributed by atoms with E-state index in [0.29, 0.717) is 23.0 Å². The SMILES string of the molecule is CC(C)c1nc(COc2ccc(C=O)cc2)no1. The van der Waals surface area contributed by atoms with Crippen LogP contribution >= 0.6 is 0 Å². The molecule has 0 atom stereocenters. The van der Waals surface area contributed by atoms with E-state index in [-0.39, 0.29) is 12.5 Å². The summed E-state index contributed by atoms with van der Waals surface area (Å²) in [6.45, 7) is 4.21. The molecule has 0 aliphatic heterocycles. The molecule has 1 aromatic carbocycles. The summed E-state index contributed by atoms with van der Waals surface area (Å²) in [6, 6.07) is 6.84. The van der Waals surface area contributed by atoms with Gasteiger partial charge in [-0.15, -0.1) is 0 Å². The Morgan fingerprint density at radius 3 is 2.61 bits per heavy atom. The number of rotatable bonds is 5. The lowest BCUT2D eigenvalue weighted by molar-refractivity contribution is 0.112. The molecule has 0 spiro atoms. The van der Waals surface area contributed by atoms with Crippen LogP contribution < -0.4 is 4.74 Å². The fraction of sp³-hybridized carbons (Fsp3) is 0.308. The summed E-state index contributed by atoms with van der Waals surface area (Å²) in [7, 11) is 0. The third-order valence-electron chi connectivity index (χ3n) is 2.36. The summed E-state index contributed by atoms with van der Waals surface area (Å²) in [5.74, 6) is 1.98. The molecular weight excluding hydrogens is 232 g/mol. The van der Waals surface area contributed by atoms with Crippen molar-refractivity contribution in [1.82, 2.24) is 10.1 Å². The van der Waals surface area contributed by atoms with Gasteiger partial charge in [-0.2, -0.15) is 4.98 Å². The Kier molecular flexibility index (Phi) is 3.72. The predicted molar refractivity (Wildman–Crippen MR) is 64.5 cm³/mol. The van der Waals surface area contributed by atoms with Gasteiger partial charge in [-0.1, -0.05) is 19.0 Å². The number of aromatic nitrogens is 2. The molecule has 0 unspecified atom stereocenters. The lowest BCUT2D eigenvalue weighted by atomic mass is 10.2. The minimum absolute atomic E-state index is 0.207. The molecule has 2 rings (SSSR count). The van der Waals surface area contributed by atoms with E-state index in [1.165, 1.54) is 0 Å². The number of ether oxygens (including phenoxy) is 1. The number of hydrogen-bond acceptors (Lipinski definition) is 5. The topological polar surface area (TPSA) is 65.2 Å². The Morgan fingerprint density at radius 1 is 1.33 bits per heavy atom. The second kappa shape index (κ2) is 5.44. The molecule has 5 heteroatoms. The van der Waals surface area contributed by atoms with Crippen molar-refractivity contribution >= 4 is 6.29 Å². The van der Waals surface area contributed by atoms with E-state index >= 15 is 0 Å². The first kappa shape index (κ1) is 12.3. The van der Waals surface area contributed by atoms with E-state index in [1.807, 2.05) is 13.8 Å². The molecular formula is C13H14N2O3. The third kappa shape index (κ3) is 2.94. The van der Waals surface area contributed by atoms with E-state index < -0.39 is 0 Å². The van der Waals surface area contributed by atoms with E-state index in [2.05, 4.69) is 10.1 Å². The zero-order valence-electron chi connectivity index (χ0n) is 10.3. The first-order valence-electron chi connectivity index (χ1n) is 5.69. The Bertz CT molecular complexity index is 517. The average Bonchev–Trinajstić information content (AvgIpc) is 2.86. The molecule has 2 aromatic rings. The monoisotopic (exact) mass is 246 g/mol. The van der Waals surface area contributed by atoms with E-state index in [0.717, 1.165) is 6.29 Å². The van der Waals surface area contributed by atoms with Gasteiger partial charge in [0.05, 0.1) is 0 Å². The van der Waals surface area contributed by atoms with Crippen molar-refractivity contribution in [3.8, 4) is 5.75 Å². The van der Waals surface area contributed by atoms with Crippen molar-refractivity contribution in [2.75, 3.05) is 0 Å². The molecule has 18 heavy (non-hydrogen) atoms. The van der Waals surface area contributed by atoms with Crippen molar-refractivity contribution in [3.63, 3.8) is 0 Å². The summed E-state index contributed by atoms with van der Waals surface area (Å²) in [6.07, 6.45) is 0.790. The second-order valence-electron chi connectivity index (χ2n) is 4.18. The maximum absolute atomic E-state index is 10.5. The first-order chi connectivity index (χ1) is 8.69. The zero-order valence-corrected chi connectivity index (χ0v) is 10.3. The van der Waals surface area contributed by atoms with Crippen LogP contribution in [0.5, 0.6) is 5.75 Å². The van der Waals surface area contributed by atoms with Gasteiger partial charge < -0.3 is 9.26 Å². The molecule has 0 bridgehead atoms. The summed E-state index contributed by atoms with van der Waals surface area (Å²) in [5.41, 5.74) is 0.615. The predicted octanol–water partition coefficient (Wildman–Crippen LogP) is 2.58. The fourth-order valence-electron chi connectivity index (χ4n) is 1.35. The van der Waals surface area contributed by atoms with Gasteiger partial charge in [0, 0.05) is 11.5 Å². The van der Waals surface area contributed by atoms with Crippen molar-refractivity contribution in [2.24, 2.45) is 0 Å². The highest BCUT2D eigenvalue weighted by Gasteiger charge is 2.09. The minimum atomic E-state index is 0.207. The van der Waals surface area contributed by atoms with Gasteiger partial charge in [0.2, 0.25) is 11.7 Å². The van der Waals surface area contributed by atoms with E-state index in [4.69, 9.17) is 9.26 Å². The van der Waals surface area contributed by atoms with Gasteiger partial charge in [0.15, 0.2) is 6.61 Å². The van der Waals surface area contributed by atoms with Gasteiger partial charge in [-0.25, -0.2) is 0 Å². The van der Waals surface area contributed by atoms with Crippen molar-refractivity contribution < 1.29 is 14.1 Å². The van der Waals surface area contributed by atoms with E-state index in [9.17, 15) is 4.79 Å². The lowest BCUT2D eigenvalue weighted by Gasteiger charge is -2.02. The molecule has 0 fully saturated rings. The number of benzene rings is 1. The highest BCUT2D eigenvalue weighted by Crippen LogP contribution is 2.14. The average molecular weight is 246 g/mol. The molecule has 1 heterocycles. The largest absolute Gasteiger partial charge is 0.485 e. The van der Waals surface area contributed by atoms with Gasteiger partial charge in [0.25, 0.3) is 0 Å². The van der Waals surface area contributed by atoms with Gasteiger partial charge in [-0.05, 0) is 24.3 Å². The van der Waals surface area contributed by atoms with Crippen molar-refractivity contribution in [2.45, 2.75) is 26.4 Å². The lowest BCUT2D eigenvalue weighted by Crippen LogP contribution is -1.98. The van der Waals surface area contributed by atoms with Crippen LogP contribution in [-0.4, -0.2) is 16.4 Å². The number of nitrogens with zero attached hydrogens (tertiary/aromatic N) is 2. The molecule has 1 aromatic heterocycles. The summed E-state index contributed by atoms with van der Waals surface area (Å²) in [4.78, 5) is 14.7. The molecule has 5 nitrogen and oxygen atoms in total.